The molecule has 1 aromatic heterocycles. The minimum Gasteiger partial charge on any atom is -0.487 e. The number of ether oxygens (including phenoxy) is 3. The molecule has 0 aliphatic carbocycles. The molecule has 2 N–H and O–H groups in total. The molecule has 0 radical (unpaired) electrons. The van der Waals surface area contributed by atoms with Gasteiger partial charge < -0.3 is 24.2 Å². The normalized spacial score (nSPS) is 18.8. The minimum atomic E-state index is -0.158. The van der Waals surface area contributed by atoms with Gasteiger partial charge in [-0.15, -0.1) is 0 Å². The highest BCUT2D eigenvalue weighted by atomic mass is 16.7. The molecule has 8 heteroatoms. The fourth-order valence-corrected chi connectivity index (χ4v) is 3.28. The van der Waals surface area contributed by atoms with Gasteiger partial charge in [-0.05, 0) is 37.5 Å². The van der Waals surface area contributed by atoms with Crippen LogP contribution in [0.1, 0.15) is 35.4 Å². The Morgan fingerprint density at radius 2 is 2.19 bits per heavy atom. The fourth-order valence-electron chi connectivity index (χ4n) is 3.28. The number of hydrogen-bond donors (Lipinski definition) is 2. The first-order valence-electron chi connectivity index (χ1n) is 8.73. The first-order valence-corrected chi connectivity index (χ1v) is 8.73. The molecule has 3 heterocycles. The van der Waals surface area contributed by atoms with E-state index in [0.717, 1.165) is 19.3 Å². The van der Waals surface area contributed by atoms with Crippen molar-refractivity contribution in [1.82, 2.24) is 15.1 Å². The van der Waals surface area contributed by atoms with Crippen molar-refractivity contribution in [2.45, 2.75) is 31.9 Å². The number of carbonyl (C=O) groups is 1. The number of aliphatic hydroxyl groups excluding tert-OH is 1. The number of aliphatic hydroxyl groups is 1. The Labute approximate surface area is 150 Å². The largest absolute Gasteiger partial charge is 0.487 e. The average Bonchev–Trinajstić information content (AvgIpc) is 3.34. The van der Waals surface area contributed by atoms with Crippen LogP contribution in [0.2, 0.25) is 0 Å². The first kappa shape index (κ1) is 16.7. The third kappa shape index (κ3) is 3.32. The summed E-state index contributed by atoms with van der Waals surface area (Å²) in [5.41, 5.74) is 1.04. The van der Waals surface area contributed by atoms with Crippen LogP contribution >= 0.6 is 0 Å². The average molecular weight is 359 g/mol. The summed E-state index contributed by atoms with van der Waals surface area (Å²) < 4.78 is 16.3. The Bertz CT molecular complexity index is 791. The van der Waals surface area contributed by atoms with E-state index in [2.05, 4.69) is 10.2 Å². The predicted molar refractivity (Wildman–Crippen MR) is 91.2 cm³/mol. The van der Waals surface area contributed by atoms with Crippen molar-refractivity contribution in [1.29, 1.82) is 0 Å². The van der Waals surface area contributed by atoms with Gasteiger partial charge in [0.2, 0.25) is 6.79 Å². The summed E-state index contributed by atoms with van der Waals surface area (Å²) in [5, 5.41) is 16.4. The number of carbonyl (C=O) groups excluding carboxylic acids is 1. The Morgan fingerprint density at radius 3 is 3.08 bits per heavy atom. The van der Waals surface area contributed by atoms with Crippen LogP contribution in [0, 0.1) is 0 Å². The maximum Gasteiger partial charge on any atom is 0.274 e. The van der Waals surface area contributed by atoms with Crippen molar-refractivity contribution in [2.75, 3.05) is 19.9 Å². The number of likely N-dealkylation sites (tertiary alicyclic amines) is 1. The van der Waals surface area contributed by atoms with Gasteiger partial charge in [-0.1, -0.05) is 0 Å². The molecule has 1 amide bonds. The number of fused-ring (bicyclic) bond motifs is 1. The molecule has 1 fully saturated rings. The molecule has 1 atom stereocenters. The molecule has 4 rings (SSSR count). The molecule has 8 nitrogen and oxygen atoms in total. The van der Waals surface area contributed by atoms with Crippen molar-refractivity contribution >= 4 is 5.91 Å². The molecule has 1 aromatic carbocycles. The van der Waals surface area contributed by atoms with E-state index in [1.165, 1.54) is 0 Å². The third-order valence-corrected chi connectivity index (χ3v) is 4.69. The number of benzene rings is 1. The molecule has 0 spiro atoms. The number of nitrogens with one attached hydrogen (secondary N) is 1. The molecule has 2 aromatic rings. The minimum absolute atomic E-state index is 0.0176. The molecular weight excluding hydrogens is 338 g/mol. The third-order valence-electron chi connectivity index (χ3n) is 4.69. The van der Waals surface area contributed by atoms with Gasteiger partial charge in [-0.25, -0.2) is 0 Å². The number of rotatable bonds is 5. The second-order valence-corrected chi connectivity index (χ2v) is 6.41. The Balaban J connectivity index is 1.39. The van der Waals surface area contributed by atoms with Gasteiger partial charge in [-0.2, -0.15) is 5.10 Å². The number of H-pyrrole nitrogens is 1. The van der Waals surface area contributed by atoms with Crippen molar-refractivity contribution in [3.63, 3.8) is 0 Å². The molecule has 1 unspecified atom stereocenters. The summed E-state index contributed by atoms with van der Waals surface area (Å²) in [7, 11) is 0. The van der Waals surface area contributed by atoms with E-state index in [1.54, 1.807) is 29.2 Å². The van der Waals surface area contributed by atoms with Gasteiger partial charge in [0.15, 0.2) is 17.2 Å². The standard InChI is InChI=1S/C18H21N3O5/c22-9-13-3-1-2-6-21(13)18(23)15-7-12(19-20-15)10-24-14-4-5-16-17(8-14)26-11-25-16/h4-5,7-8,13,22H,1-3,6,9-11H2,(H,19,20). The first-order chi connectivity index (χ1) is 12.7. The lowest BCUT2D eigenvalue weighted by Crippen LogP contribution is -2.45. The van der Waals surface area contributed by atoms with E-state index >= 15 is 0 Å². The summed E-state index contributed by atoms with van der Waals surface area (Å²) in [5.74, 6) is 1.84. The van der Waals surface area contributed by atoms with Gasteiger partial charge in [0, 0.05) is 12.6 Å². The number of aromatic nitrogens is 2. The summed E-state index contributed by atoms with van der Waals surface area (Å²) in [6.07, 6.45) is 2.81. The SMILES string of the molecule is O=C(c1cc(COc2ccc3c(c2)OCO3)[nH]n1)N1CCCCC1CO. The number of amides is 1. The monoisotopic (exact) mass is 359 g/mol. The zero-order chi connectivity index (χ0) is 17.9. The van der Waals surface area contributed by atoms with E-state index in [1.807, 2.05) is 0 Å². The maximum atomic E-state index is 12.6. The lowest BCUT2D eigenvalue weighted by atomic mass is 10.0. The molecule has 26 heavy (non-hydrogen) atoms. The van der Waals surface area contributed by atoms with Crippen molar-refractivity contribution in [3.8, 4) is 17.2 Å². The maximum absolute atomic E-state index is 12.6. The van der Waals surface area contributed by atoms with E-state index in [-0.39, 0.29) is 32.0 Å². The quantitative estimate of drug-likeness (QED) is 0.843. The smallest absolute Gasteiger partial charge is 0.274 e. The molecule has 2 aliphatic rings. The second kappa shape index (κ2) is 7.25. The van der Waals surface area contributed by atoms with Crippen LogP contribution in [0.5, 0.6) is 17.2 Å². The van der Waals surface area contributed by atoms with Gasteiger partial charge in [-0.3, -0.25) is 9.89 Å². The Morgan fingerprint density at radius 1 is 1.31 bits per heavy atom. The molecule has 138 valence electrons. The molecular formula is C18H21N3O5. The molecule has 2 aliphatic heterocycles. The van der Waals surface area contributed by atoms with E-state index in [4.69, 9.17) is 14.2 Å². The van der Waals surface area contributed by atoms with Gasteiger partial charge in [0.1, 0.15) is 12.4 Å². The van der Waals surface area contributed by atoms with Crippen LogP contribution in [0.3, 0.4) is 0 Å². The lowest BCUT2D eigenvalue weighted by Gasteiger charge is -2.34. The predicted octanol–water partition coefficient (Wildman–Crippen LogP) is 1.70. The lowest BCUT2D eigenvalue weighted by molar-refractivity contribution is 0.0497. The van der Waals surface area contributed by atoms with Crippen molar-refractivity contribution in [3.05, 3.63) is 35.7 Å². The van der Waals surface area contributed by atoms with Gasteiger partial charge in [0.05, 0.1) is 18.3 Å². The van der Waals surface area contributed by atoms with E-state index in [0.29, 0.717) is 35.2 Å². The second-order valence-electron chi connectivity index (χ2n) is 6.41. The summed E-state index contributed by atoms with van der Waals surface area (Å²) in [6, 6.07) is 6.93. The summed E-state index contributed by atoms with van der Waals surface area (Å²) in [6.45, 7) is 1.11. The molecule has 0 saturated carbocycles. The zero-order valence-corrected chi connectivity index (χ0v) is 14.3. The van der Waals surface area contributed by atoms with Gasteiger partial charge in [0.25, 0.3) is 5.91 Å². The number of nitrogens with zero attached hydrogens (tertiary/aromatic N) is 2. The van der Waals surface area contributed by atoms with Crippen LogP contribution in [0.15, 0.2) is 24.3 Å². The van der Waals surface area contributed by atoms with E-state index in [9.17, 15) is 9.90 Å². The van der Waals surface area contributed by atoms with Crippen LogP contribution in [0.25, 0.3) is 0 Å². The highest BCUT2D eigenvalue weighted by Gasteiger charge is 2.28. The molecule has 1 saturated heterocycles. The van der Waals surface area contributed by atoms with Crippen molar-refractivity contribution < 1.29 is 24.1 Å². The topological polar surface area (TPSA) is 96.9 Å². The fraction of sp³-hybridized carbons (Fsp3) is 0.444. The van der Waals surface area contributed by atoms with Crippen LogP contribution in [-0.2, 0) is 6.61 Å². The number of piperidine rings is 1. The highest BCUT2D eigenvalue weighted by molar-refractivity contribution is 5.92. The van der Waals surface area contributed by atoms with E-state index < -0.39 is 0 Å². The Kier molecular flexibility index (Phi) is 4.66. The van der Waals surface area contributed by atoms with Crippen LogP contribution in [-0.4, -0.2) is 52.1 Å². The van der Waals surface area contributed by atoms with Crippen LogP contribution in [0.4, 0.5) is 0 Å². The summed E-state index contributed by atoms with van der Waals surface area (Å²) in [4.78, 5) is 14.4. The Hall–Kier alpha value is -2.74. The number of aromatic amines is 1. The van der Waals surface area contributed by atoms with Crippen LogP contribution < -0.4 is 14.2 Å². The highest BCUT2D eigenvalue weighted by Crippen LogP contribution is 2.35. The summed E-state index contributed by atoms with van der Waals surface area (Å²) >= 11 is 0. The van der Waals surface area contributed by atoms with Crippen molar-refractivity contribution in [2.24, 2.45) is 0 Å². The molecule has 0 bridgehead atoms. The number of hydrogen-bond acceptors (Lipinski definition) is 6. The van der Waals surface area contributed by atoms with Gasteiger partial charge >= 0.3 is 0 Å². The zero-order valence-electron chi connectivity index (χ0n) is 14.3.